The summed E-state index contributed by atoms with van der Waals surface area (Å²) in [7, 11) is 0. The van der Waals surface area contributed by atoms with Crippen LogP contribution < -0.4 is 10.6 Å². The molecule has 2 saturated heterocycles. The molecule has 0 aromatic heterocycles. The lowest BCUT2D eigenvalue weighted by molar-refractivity contribution is -0.127. The van der Waals surface area contributed by atoms with E-state index in [0.29, 0.717) is 18.1 Å². The molecule has 0 aromatic carbocycles. The monoisotopic (exact) mass is 281 g/mol. The van der Waals surface area contributed by atoms with E-state index in [9.17, 15) is 4.79 Å². The SMILES string of the molecule is CCC(C)NC(=O)C(C)N(CC)C1CC2CCC(C1)N2. The number of carbonyl (C=O) groups is 1. The summed E-state index contributed by atoms with van der Waals surface area (Å²) in [5, 5.41) is 6.81. The van der Waals surface area contributed by atoms with Crippen molar-refractivity contribution < 1.29 is 4.79 Å². The van der Waals surface area contributed by atoms with Crippen molar-refractivity contribution in [3.05, 3.63) is 0 Å². The number of hydrogen-bond donors (Lipinski definition) is 2. The topological polar surface area (TPSA) is 44.4 Å². The van der Waals surface area contributed by atoms with Crippen molar-refractivity contribution in [1.82, 2.24) is 15.5 Å². The van der Waals surface area contributed by atoms with Crippen LogP contribution >= 0.6 is 0 Å². The first-order valence-corrected chi connectivity index (χ1v) is 8.37. The van der Waals surface area contributed by atoms with E-state index in [1.54, 1.807) is 0 Å². The summed E-state index contributed by atoms with van der Waals surface area (Å²) >= 11 is 0. The van der Waals surface area contributed by atoms with Crippen molar-refractivity contribution in [3.63, 3.8) is 0 Å². The average molecular weight is 281 g/mol. The van der Waals surface area contributed by atoms with E-state index in [-0.39, 0.29) is 18.0 Å². The van der Waals surface area contributed by atoms with Gasteiger partial charge in [0.1, 0.15) is 0 Å². The molecule has 2 N–H and O–H groups in total. The molecule has 0 aromatic rings. The van der Waals surface area contributed by atoms with E-state index < -0.39 is 0 Å². The first-order valence-electron chi connectivity index (χ1n) is 8.37. The Morgan fingerprint density at radius 1 is 1.25 bits per heavy atom. The van der Waals surface area contributed by atoms with Crippen molar-refractivity contribution in [1.29, 1.82) is 0 Å². The Hall–Kier alpha value is -0.610. The number of carbonyl (C=O) groups excluding carboxylic acids is 1. The molecule has 4 nitrogen and oxygen atoms in total. The van der Waals surface area contributed by atoms with Gasteiger partial charge in [-0.1, -0.05) is 13.8 Å². The molecule has 1 amide bonds. The van der Waals surface area contributed by atoms with Gasteiger partial charge in [-0.05, 0) is 52.5 Å². The Kier molecular flexibility index (Phi) is 5.44. The largest absolute Gasteiger partial charge is 0.352 e. The van der Waals surface area contributed by atoms with Crippen molar-refractivity contribution in [2.24, 2.45) is 0 Å². The molecule has 2 aliphatic rings. The highest BCUT2D eigenvalue weighted by Crippen LogP contribution is 2.30. The van der Waals surface area contributed by atoms with Crippen molar-refractivity contribution in [3.8, 4) is 0 Å². The van der Waals surface area contributed by atoms with Crippen LogP contribution in [-0.2, 0) is 4.79 Å². The van der Waals surface area contributed by atoms with E-state index in [0.717, 1.165) is 13.0 Å². The predicted molar refractivity (Wildman–Crippen MR) is 82.7 cm³/mol. The highest BCUT2D eigenvalue weighted by Gasteiger charge is 2.38. The predicted octanol–water partition coefficient (Wildman–Crippen LogP) is 1.89. The van der Waals surface area contributed by atoms with Crippen LogP contribution in [-0.4, -0.2) is 47.6 Å². The molecular formula is C16H31N3O. The zero-order valence-corrected chi connectivity index (χ0v) is 13.5. The van der Waals surface area contributed by atoms with Gasteiger partial charge in [0.15, 0.2) is 0 Å². The molecule has 2 rings (SSSR count). The van der Waals surface area contributed by atoms with E-state index in [2.05, 4.69) is 43.2 Å². The highest BCUT2D eigenvalue weighted by molar-refractivity contribution is 5.81. The van der Waals surface area contributed by atoms with Gasteiger partial charge in [-0.15, -0.1) is 0 Å². The third-order valence-corrected chi connectivity index (χ3v) is 5.16. The molecule has 0 saturated carbocycles. The van der Waals surface area contributed by atoms with Gasteiger partial charge in [-0.25, -0.2) is 0 Å². The standard InChI is InChI=1S/C16H31N3O/c1-5-11(3)17-16(20)12(4)19(6-2)15-9-13-7-8-14(10-15)18-13/h11-15,18H,5-10H2,1-4H3,(H,17,20). The first kappa shape index (κ1) is 15.8. The highest BCUT2D eigenvalue weighted by atomic mass is 16.2. The van der Waals surface area contributed by atoms with Crippen LogP contribution in [0, 0.1) is 0 Å². The van der Waals surface area contributed by atoms with Crippen molar-refractivity contribution >= 4 is 5.91 Å². The Morgan fingerprint density at radius 2 is 1.85 bits per heavy atom. The Labute approximate surface area is 123 Å². The minimum absolute atomic E-state index is 0.0171. The van der Waals surface area contributed by atoms with Crippen LogP contribution in [0.4, 0.5) is 0 Å². The quantitative estimate of drug-likeness (QED) is 0.781. The first-order chi connectivity index (χ1) is 9.55. The summed E-state index contributed by atoms with van der Waals surface area (Å²) in [4.78, 5) is 14.8. The van der Waals surface area contributed by atoms with E-state index in [4.69, 9.17) is 0 Å². The Bertz CT molecular complexity index is 322. The molecule has 2 heterocycles. The van der Waals surface area contributed by atoms with E-state index in [1.807, 2.05) is 0 Å². The molecular weight excluding hydrogens is 250 g/mol. The van der Waals surface area contributed by atoms with E-state index in [1.165, 1.54) is 25.7 Å². The van der Waals surface area contributed by atoms with Gasteiger partial charge in [-0.3, -0.25) is 9.69 Å². The number of hydrogen-bond acceptors (Lipinski definition) is 3. The van der Waals surface area contributed by atoms with Crippen LogP contribution in [0.1, 0.15) is 59.8 Å². The second kappa shape index (κ2) is 6.90. The summed E-state index contributed by atoms with van der Waals surface area (Å²) < 4.78 is 0. The third-order valence-electron chi connectivity index (χ3n) is 5.16. The number of nitrogens with zero attached hydrogens (tertiary/aromatic N) is 1. The molecule has 0 radical (unpaired) electrons. The summed E-state index contributed by atoms with van der Waals surface area (Å²) in [6.45, 7) is 9.38. The smallest absolute Gasteiger partial charge is 0.237 e. The summed E-state index contributed by atoms with van der Waals surface area (Å²) in [6.07, 6.45) is 6.01. The number of likely N-dealkylation sites (N-methyl/N-ethyl adjacent to an activating group) is 1. The number of rotatable bonds is 6. The second-order valence-corrected chi connectivity index (χ2v) is 6.59. The van der Waals surface area contributed by atoms with Crippen LogP contribution in [0.2, 0.25) is 0 Å². The number of nitrogens with one attached hydrogen (secondary N) is 2. The lowest BCUT2D eigenvalue weighted by atomic mass is 9.96. The molecule has 0 aliphatic carbocycles. The van der Waals surface area contributed by atoms with Crippen LogP contribution in [0.25, 0.3) is 0 Å². The zero-order valence-electron chi connectivity index (χ0n) is 13.5. The fraction of sp³-hybridized carbons (Fsp3) is 0.938. The molecule has 4 unspecified atom stereocenters. The average Bonchev–Trinajstić information content (AvgIpc) is 2.78. The van der Waals surface area contributed by atoms with Gasteiger partial charge in [-0.2, -0.15) is 0 Å². The number of amides is 1. The maximum absolute atomic E-state index is 12.4. The fourth-order valence-electron chi connectivity index (χ4n) is 3.76. The van der Waals surface area contributed by atoms with Crippen LogP contribution in [0.15, 0.2) is 0 Å². The van der Waals surface area contributed by atoms with Crippen molar-refractivity contribution in [2.45, 2.75) is 90.0 Å². The Balaban J connectivity index is 1.94. The summed E-state index contributed by atoms with van der Waals surface area (Å²) in [5.74, 6) is 0.187. The maximum Gasteiger partial charge on any atom is 0.237 e. The van der Waals surface area contributed by atoms with Gasteiger partial charge in [0, 0.05) is 24.2 Å². The fourth-order valence-corrected chi connectivity index (χ4v) is 3.76. The summed E-state index contributed by atoms with van der Waals surface area (Å²) in [5.41, 5.74) is 0. The van der Waals surface area contributed by atoms with Crippen LogP contribution in [0.5, 0.6) is 0 Å². The Morgan fingerprint density at radius 3 is 2.35 bits per heavy atom. The van der Waals surface area contributed by atoms with Crippen molar-refractivity contribution in [2.75, 3.05) is 6.54 Å². The zero-order chi connectivity index (χ0) is 14.7. The van der Waals surface area contributed by atoms with Gasteiger partial charge in [0.05, 0.1) is 6.04 Å². The molecule has 116 valence electrons. The van der Waals surface area contributed by atoms with Gasteiger partial charge in [0.25, 0.3) is 0 Å². The molecule has 4 atom stereocenters. The lowest BCUT2D eigenvalue weighted by Gasteiger charge is -2.40. The minimum Gasteiger partial charge on any atom is -0.352 e. The van der Waals surface area contributed by atoms with Gasteiger partial charge >= 0.3 is 0 Å². The normalized spacial score (nSPS) is 32.1. The van der Waals surface area contributed by atoms with Gasteiger partial charge in [0.2, 0.25) is 5.91 Å². The maximum atomic E-state index is 12.4. The minimum atomic E-state index is -0.0171. The molecule has 2 aliphatic heterocycles. The third kappa shape index (κ3) is 3.53. The van der Waals surface area contributed by atoms with E-state index >= 15 is 0 Å². The molecule has 20 heavy (non-hydrogen) atoms. The van der Waals surface area contributed by atoms with Crippen LogP contribution in [0.3, 0.4) is 0 Å². The summed E-state index contributed by atoms with van der Waals surface area (Å²) in [6, 6.07) is 2.18. The number of piperidine rings is 1. The molecule has 4 heteroatoms. The number of fused-ring (bicyclic) bond motifs is 2. The van der Waals surface area contributed by atoms with Gasteiger partial charge < -0.3 is 10.6 Å². The molecule has 0 spiro atoms. The molecule has 2 bridgehead atoms. The molecule has 2 fully saturated rings. The second-order valence-electron chi connectivity index (χ2n) is 6.59. The lowest BCUT2D eigenvalue weighted by Crippen LogP contribution is -2.55.